The third kappa shape index (κ3) is 1.83. The molecule has 0 radical (unpaired) electrons. The molecular weight excluding hydrogens is 246 g/mol. The number of hydrogen-bond donors (Lipinski definition) is 1. The van der Waals surface area contributed by atoms with Crippen LogP contribution in [0.5, 0.6) is 0 Å². The van der Waals surface area contributed by atoms with Gasteiger partial charge in [-0.15, -0.1) is 0 Å². The molecule has 3 heteroatoms. The molecule has 1 saturated carbocycles. The van der Waals surface area contributed by atoms with Crippen molar-refractivity contribution in [2.75, 3.05) is 7.05 Å². The van der Waals surface area contributed by atoms with Gasteiger partial charge in [0.2, 0.25) is 0 Å². The predicted molar refractivity (Wildman–Crippen MR) is 61.5 cm³/mol. The average Bonchev–Trinajstić information content (AvgIpc) is 2.71. The van der Waals surface area contributed by atoms with E-state index in [1.807, 2.05) is 0 Å². The van der Waals surface area contributed by atoms with Crippen LogP contribution in [0.15, 0.2) is 15.2 Å². The summed E-state index contributed by atoms with van der Waals surface area (Å²) >= 11 is 5.41. The smallest absolute Gasteiger partial charge is 0.0317 e. The third-order valence-electron chi connectivity index (χ3n) is 2.93. The van der Waals surface area contributed by atoms with E-state index in [0.29, 0.717) is 6.04 Å². The van der Waals surface area contributed by atoms with Crippen LogP contribution in [0.3, 0.4) is 0 Å². The molecule has 1 aliphatic carbocycles. The van der Waals surface area contributed by atoms with Gasteiger partial charge in [-0.3, -0.25) is 0 Å². The molecule has 1 aromatic heterocycles. The Morgan fingerprint density at radius 1 is 1.46 bits per heavy atom. The molecule has 2 atom stereocenters. The van der Waals surface area contributed by atoms with Gasteiger partial charge in [-0.1, -0.05) is 6.42 Å². The van der Waals surface area contributed by atoms with Gasteiger partial charge in [-0.05, 0) is 46.8 Å². The first-order valence-corrected chi connectivity index (χ1v) is 6.45. The van der Waals surface area contributed by atoms with Gasteiger partial charge in [0.1, 0.15) is 0 Å². The van der Waals surface area contributed by atoms with Crippen LogP contribution in [0.4, 0.5) is 0 Å². The summed E-state index contributed by atoms with van der Waals surface area (Å²) in [4.78, 5) is 0. The number of nitrogens with one attached hydrogen (secondary N) is 1. The standard InChI is InChI=1S/C10H14BrNS/c1-12-10-4-2-3-7(10)8-5-13-6-9(8)11/h5-7,10,12H,2-4H2,1H3. The number of likely N-dealkylation sites (N-methyl/N-ethyl adjacent to an activating group) is 1. The Morgan fingerprint density at radius 3 is 2.92 bits per heavy atom. The lowest BCUT2D eigenvalue weighted by molar-refractivity contribution is 0.522. The second kappa shape index (κ2) is 4.11. The first kappa shape index (κ1) is 9.69. The maximum absolute atomic E-state index is 3.62. The minimum atomic E-state index is 0.686. The zero-order valence-corrected chi connectivity index (χ0v) is 10.1. The summed E-state index contributed by atoms with van der Waals surface area (Å²) in [5.41, 5.74) is 1.50. The van der Waals surface area contributed by atoms with E-state index in [0.717, 1.165) is 5.92 Å². The highest BCUT2D eigenvalue weighted by atomic mass is 79.9. The van der Waals surface area contributed by atoms with Crippen molar-refractivity contribution in [3.8, 4) is 0 Å². The van der Waals surface area contributed by atoms with E-state index < -0.39 is 0 Å². The molecule has 0 amide bonds. The zero-order chi connectivity index (χ0) is 9.26. The van der Waals surface area contributed by atoms with Crippen molar-refractivity contribution in [1.29, 1.82) is 0 Å². The van der Waals surface area contributed by atoms with Crippen molar-refractivity contribution in [2.24, 2.45) is 0 Å². The second-order valence-corrected chi connectivity index (χ2v) is 5.21. The van der Waals surface area contributed by atoms with Crippen LogP contribution in [0.2, 0.25) is 0 Å². The quantitative estimate of drug-likeness (QED) is 0.859. The number of rotatable bonds is 2. The highest BCUT2D eigenvalue weighted by Crippen LogP contribution is 2.39. The molecule has 1 aliphatic rings. The van der Waals surface area contributed by atoms with Crippen molar-refractivity contribution in [2.45, 2.75) is 31.2 Å². The lowest BCUT2D eigenvalue weighted by Crippen LogP contribution is -2.27. The monoisotopic (exact) mass is 259 g/mol. The van der Waals surface area contributed by atoms with E-state index in [1.54, 1.807) is 11.3 Å². The minimum absolute atomic E-state index is 0.686. The molecule has 1 nitrogen and oxygen atoms in total. The molecule has 0 spiro atoms. The summed E-state index contributed by atoms with van der Waals surface area (Å²) < 4.78 is 1.30. The molecule has 13 heavy (non-hydrogen) atoms. The first-order chi connectivity index (χ1) is 6.33. The summed E-state index contributed by atoms with van der Waals surface area (Å²) in [5, 5.41) is 7.88. The molecule has 0 saturated heterocycles. The Hall–Kier alpha value is 0.140. The van der Waals surface area contributed by atoms with Gasteiger partial charge in [0, 0.05) is 21.8 Å². The predicted octanol–water partition coefficient (Wildman–Crippen LogP) is 3.37. The second-order valence-electron chi connectivity index (χ2n) is 3.61. The van der Waals surface area contributed by atoms with E-state index in [1.165, 1.54) is 29.3 Å². The van der Waals surface area contributed by atoms with Gasteiger partial charge in [-0.2, -0.15) is 11.3 Å². The molecule has 1 N–H and O–H groups in total. The topological polar surface area (TPSA) is 12.0 Å². The summed E-state index contributed by atoms with van der Waals surface area (Å²) in [7, 11) is 2.07. The fourth-order valence-electron chi connectivity index (χ4n) is 2.23. The normalized spacial score (nSPS) is 28.2. The molecule has 2 unspecified atom stereocenters. The number of hydrogen-bond acceptors (Lipinski definition) is 2. The van der Waals surface area contributed by atoms with E-state index >= 15 is 0 Å². The van der Waals surface area contributed by atoms with E-state index in [2.05, 4.69) is 39.1 Å². The van der Waals surface area contributed by atoms with Gasteiger partial charge in [-0.25, -0.2) is 0 Å². The molecule has 72 valence electrons. The summed E-state index contributed by atoms with van der Waals surface area (Å²) in [6.07, 6.45) is 4.02. The number of halogens is 1. The van der Waals surface area contributed by atoms with Crippen LogP contribution in [0, 0.1) is 0 Å². The van der Waals surface area contributed by atoms with Crippen LogP contribution in [-0.2, 0) is 0 Å². The third-order valence-corrected chi connectivity index (χ3v) is 4.68. The summed E-state index contributed by atoms with van der Waals surface area (Å²) in [6.45, 7) is 0. The SMILES string of the molecule is CNC1CCCC1c1cscc1Br. The van der Waals surface area contributed by atoms with Crippen LogP contribution in [-0.4, -0.2) is 13.1 Å². The summed E-state index contributed by atoms with van der Waals surface area (Å²) in [6, 6.07) is 0.686. The van der Waals surface area contributed by atoms with Gasteiger partial charge in [0.15, 0.2) is 0 Å². The highest BCUT2D eigenvalue weighted by Gasteiger charge is 2.28. The Kier molecular flexibility index (Phi) is 3.06. The lowest BCUT2D eigenvalue weighted by Gasteiger charge is -2.18. The van der Waals surface area contributed by atoms with Crippen LogP contribution >= 0.6 is 27.3 Å². The maximum Gasteiger partial charge on any atom is 0.0317 e. The van der Waals surface area contributed by atoms with Gasteiger partial charge >= 0.3 is 0 Å². The van der Waals surface area contributed by atoms with Crippen molar-refractivity contribution in [1.82, 2.24) is 5.32 Å². The molecule has 0 aromatic carbocycles. The van der Waals surface area contributed by atoms with Crippen molar-refractivity contribution in [3.63, 3.8) is 0 Å². The van der Waals surface area contributed by atoms with Gasteiger partial charge < -0.3 is 5.32 Å². The fraction of sp³-hybridized carbons (Fsp3) is 0.600. The van der Waals surface area contributed by atoms with E-state index in [4.69, 9.17) is 0 Å². The average molecular weight is 260 g/mol. The molecule has 0 bridgehead atoms. The van der Waals surface area contributed by atoms with Gasteiger partial charge in [0.05, 0.1) is 0 Å². The highest BCUT2D eigenvalue weighted by molar-refractivity contribution is 9.10. The van der Waals surface area contributed by atoms with Crippen LogP contribution in [0.25, 0.3) is 0 Å². The lowest BCUT2D eigenvalue weighted by atomic mass is 9.97. The van der Waals surface area contributed by atoms with Gasteiger partial charge in [0.25, 0.3) is 0 Å². The maximum atomic E-state index is 3.62. The van der Waals surface area contributed by atoms with Crippen LogP contribution < -0.4 is 5.32 Å². The van der Waals surface area contributed by atoms with Crippen LogP contribution in [0.1, 0.15) is 30.7 Å². The summed E-state index contributed by atoms with van der Waals surface area (Å²) in [5.74, 6) is 0.727. The molecule has 0 aliphatic heterocycles. The molecule has 1 fully saturated rings. The first-order valence-electron chi connectivity index (χ1n) is 4.71. The van der Waals surface area contributed by atoms with Crippen molar-refractivity contribution < 1.29 is 0 Å². The Balaban J connectivity index is 2.20. The Morgan fingerprint density at radius 2 is 2.31 bits per heavy atom. The zero-order valence-electron chi connectivity index (χ0n) is 7.72. The molecule has 1 heterocycles. The Labute approximate surface area is 91.7 Å². The largest absolute Gasteiger partial charge is 0.316 e. The van der Waals surface area contributed by atoms with E-state index in [-0.39, 0.29) is 0 Å². The van der Waals surface area contributed by atoms with E-state index in [9.17, 15) is 0 Å². The van der Waals surface area contributed by atoms with Crippen molar-refractivity contribution >= 4 is 27.3 Å². The molecule has 1 aromatic rings. The molecular formula is C10H14BrNS. The fourth-order valence-corrected chi connectivity index (χ4v) is 3.89. The van der Waals surface area contributed by atoms with Crippen molar-refractivity contribution in [3.05, 3.63) is 20.8 Å². The minimum Gasteiger partial charge on any atom is -0.316 e. The Bertz CT molecular complexity index is 284. The molecule has 2 rings (SSSR count). The number of thiophene rings is 1.